The van der Waals surface area contributed by atoms with Gasteiger partial charge in [-0.2, -0.15) is 0 Å². The van der Waals surface area contributed by atoms with Gasteiger partial charge in [0.2, 0.25) is 5.91 Å². The second kappa shape index (κ2) is 6.94. The molecule has 1 amide bonds. The standard InChI is InChI=1S/C16H21ClN4O/c1-4-10(2)15(18)16(22)19-14-8-11(3)21(20-14)13-7-5-6-12(17)9-13/h5-10,15H,4,18H2,1-3H3,(H,19,20,22). The number of carbonyl (C=O) groups is 1. The normalized spacial score (nSPS) is 13.7. The fourth-order valence-electron chi connectivity index (χ4n) is 2.13. The predicted octanol–water partition coefficient (Wildman–Crippen LogP) is 3.15. The van der Waals surface area contributed by atoms with E-state index < -0.39 is 6.04 Å². The molecule has 0 aliphatic heterocycles. The summed E-state index contributed by atoms with van der Waals surface area (Å²) in [5.74, 6) is 0.391. The molecule has 2 rings (SSSR count). The Kier molecular flexibility index (Phi) is 5.21. The molecule has 3 N–H and O–H groups in total. The molecular weight excluding hydrogens is 300 g/mol. The molecule has 0 saturated carbocycles. The summed E-state index contributed by atoms with van der Waals surface area (Å²) >= 11 is 6.00. The molecule has 0 spiro atoms. The Morgan fingerprint density at radius 2 is 2.18 bits per heavy atom. The number of amides is 1. The third-order valence-corrected chi connectivity index (χ3v) is 3.99. The minimum absolute atomic E-state index is 0.121. The van der Waals surface area contributed by atoms with Crippen molar-refractivity contribution >= 4 is 23.3 Å². The van der Waals surface area contributed by atoms with Gasteiger partial charge in [-0.15, -0.1) is 5.10 Å². The van der Waals surface area contributed by atoms with Crippen molar-refractivity contribution in [3.63, 3.8) is 0 Å². The predicted molar refractivity (Wildman–Crippen MR) is 89.4 cm³/mol. The Balaban J connectivity index is 2.18. The van der Waals surface area contributed by atoms with Gasteiger partial charge in [0.25, 0.3) is 0 Å². The Morgan fingerprint density at radius 1 is 1.45 bits per heavy atom. The van der Waals surface area contributed by atoms with Gasteiger partial charge >= 0.3 is 0 Å². The third kappa shape index (κ3) is 3.67. The number of nitrogens with zero attached hydrogens (tertiary/aromatic N) is 2. The molecule has 118 valence electrons. The van der Waals surface area contributed by atoms with Crippen LogP contribution in [0.3, 0.4) is 0 Å². The van der Waals surface area contributed by atoms with Crippen LogP contribution in [-0.2, 0) is 4.79 Å². The zero-order chi connectivity index (χ0) is 16.3. The van der Waals surface area contributed by atoms with Crippen molar-refractivity contribution in [2.24, 2.45) is 11.7 Å². The first kappa shape index (κ1) is 16.5. The number of rotatable bonds is 5. The van der Waals surface area contributed by atoms with Gasteiger partial charge in [-0.05, 0) is 31.0 Å². The van der Waals surface area contributed by atoms with E-state index in [4.69, 9.17) is 17.3 Å². The zero-order valence-corrected chi connectivity index (χ0v) is 13.8. The van der Waals surface area contributed by atoms with Crippen molar-refractivity contribution < 1.29 is 4.79 Å². The summed E-state index contributed by atoms with van der Waals surface area (Å²) in [7, 11) is 0. The maximum absolute atomic E-state index is 12.1. The Hall–Kier alpha value is -1.85. The summed E-state index contributed by atoms with van der Waals surface area (Å²) in [5.41, 5.74) is 7.67. The van der Waals surface area contributed by atoms with E-state index >= 15 is 0 Å². The first-order valence-electron chi connectivity index (χ1n) is 7.31. The number of nitrogens with one attached hydrogen (secondary N) is 1. The van der Waals surface area contributed by atoms with E-state index in [9.17, 15) is 4.79 Å². The lowest BCUT2D eigenvalue weighted by molar-refractivity contribution is -0.118. The monoisotopic (exact) mass is 320 g/mol. The van der Waals surface area contributed by atoms with E-state index in [-0.39, 0.29) is 11.8 Å². The van der Waals surface area contributed by atoms with Gasteiger partial charge in [-0.1, -0.05) is 37.9 Å². The fraction of sp³-hybridized carbons (Fsp3) is 0.375. The average Bonchev–Trinajstić information content (AvgIpc) is 2.86. The highest BCUT2D eigenvalue weighted by molar-refractivity contribution is 6.30. The van der Waals surface area contributed by atoms with Gasteiger partial charge in [0, 0.05) is 16.8 Å². The zero-order valence-electron chi connectivity index (χ0n) is 13.0. The third-order valence-electron chi connectivity index (χ3n) is 3.75. The summed E-state index contributed by atoms with van der Waals surface area (Å²) in [5, 5.41) is 7.81. The number of hydrogen-bond donors (Lipinski definition) is 2. The molecule has 22 heavy (non-hydrogen) atoms. The van der Waals surface area contributed by atoms with Crippen molar-refractivity contribution in [3.8, 4) is 5.69 Å². The first-order chi connectivity index (χ1) is 10.4. The van der Waals surface area contributed by atoms with Crippen LogP contribution < -0.4 is 11.1 Å². The molecule has 2 unspecified atom stereocenters. The number of benzene rings is 1. The summed E-state index contributed by atoms with van der Waals surface area (Å²) < 4.78 is 1.73. The van der Waals surface area contributed by atoms with E-state index in [1.165, 1.54) is 0 Å². The van der Waals surface area contributed by atoms with E-state index in [1.807, 2.05) is 45.0 Å². The molecule has 1 aromatic carbocycles. The van der Waals surface area contributed by atoms with Crippen LogP contribution in [-0.4, -0.2) is 21.7 Å². The van der Waals surface area contributed by atoms with Gasteiger partial charge in [0.15, 0.2) is 5.82 Å². The largest absolute Gasteiger partial charge is 0.320 e. The minimum Gasteiger partial charge on any atom is -0.320 e. The number of nitrogens with two attached hydrogens (primary N) is 1. The molecule has 0 radical (unpaired) electrons. The molecule has 0 fully saturated rings. The first-order valence-corrected chi connectivity index (χ1v) is 7.69. The van der Waals surface area contributed by atoms with Gasteiger partial charge < -0.3 is 11.1 Å². The highest BCUT2D eigenvalue weighted by Crippen LogP contribution is 2.19. The second-order valence-corrected chi connectivity index (χ2v) is 5.90. The highest BCUT2D eigenvalue weighted by atomic mass is 35.5. The summed E-state index contributed by atoms with van der Waals surface area (Å²) in [6.45, 7) is 5.88. The van der Waals surface area contributed by atoms with Crippen LogP contribution in [0, 0.1) is 12.8 Å². The fourth-order valence-corrected chi connectivity index (χ4v) is 2.31. The van der Waals surface area contributed by atoms with Crippen LogP contribution in [0.1, 0.15) is 26.0 Å². The van der Waals surface area contributed by atoms with Crippen LogP contribution >= 0.6 is 11.6 Å². The molecular formula is C16H21ClN4O. The molecule has 0 aliphatic rings. The van der Waals surface area contributed by atoms with Crippen molar-refractivity contribution in [2.75, 3.05) is 5.32 Å². The molecule has 0 saturated heterocycles. The SMILES string of the molecule is CCC(C)C(N)C(=O)Nc1cc(C)n(-c2cccc(Cl)c2)n1. The molecule has 1 heterocycles. The Morgan fingerprint density at radius 3 is 2.82 bits per heavy atom. The number of halogens is 1. The quantitative estimate of drug-likeness (QED) is 0.888. The van der Waals surface area contributed by atoms with Crippen molar-refractivity contribution in [3.05, 3.63) is 41.0 Å². The molecule has 2 aromatic rings. The Labute approximate surface area is 135 Å². The van der Waals surface area contributed by atoms with Crippen LogP contribution in [0.25, 0.3) is 5.69 Å². The second-order valence-electron chi connectivity index (χ2n) is 5.46. The maximum atomic E-state index is 12.1. The smallest absolute Gasteiger partial charge is 0.242 e. The van der Waals surface area contributed by atoms with E-state index in [0.29, 0.717) is 10.8 Å². The maximum Gasteiger partial charge on any atom is 0.242 e. The average molecular weight is 321 g/mol. The van der Waals surface area contributed by atoms with Crippen molar-refractivity contribution in [2.45, 2.75) is 33.2 Å². The number of aromatic nitrogens is 2. The topological polar surface area (TPSA) is 72.9 Å². The lowest BCUT2D eigenvalue weighted by Crippen LogP contribution is -2.40. The van der Waals surface area contributed by atoms with Gasteiger partial charge in [0.1, 0.15) is 0 Å². The molecule has 2 atom stereocenters. The molecule has 6 heteroatoms. The van der Waals surface area contributed by atoms with E-state index in [1.54, 1.807) is 10.7 Å². The van der Waals surface area contributed by atoms with Crippen molar-refractivity contribution in [1.82, 2.24) is 9.78 Å². The Bertz CT molecular complexity index is 668. The van der Waals surface area contributed by atoms with Gasteiger partial charge in [0.05, 0.1) is 11.7 Å². The van der Waals surface area contributed by atoms with Crippen molar-refractivity contribution in [1.29, 1.82) is 0 Å². The molecule has 5 nitrogen and oxygen atoms in total. The minimum atomic E-state index is -0.540. The van der Waals surface area contributed by atoms with Crippen LogP contribution in [0.5, 0.6) is 0 Å². The number of hydrogen-bond acceptors (Lipinski definition) is 3. The van der Waals surface area contributed by atoms with Gasteiger partial charge in [-0.25, -0.2) is 4.68 Å². The number of carbonyl (C=O) groups excluding carboxylic acids is 1. The molecule has 0 bridgehead atoms. The summed E-state index contributed by atoms with van der Waals surface area (Å²) in [4.78, 5) is 12.1. The van der Waals surface area contributed by atoms with Crippen LogP contribution in [0.2, 0.25) is 5.02 Å². The highest BCUT2D eigenvalue weighted by Gasteiger charge is 2.20. The lowest BCUT2D eigenvalue weighted by atomic mass is 9.99. The van der Waals surface area contributed by atoms with E-state index in [2.05, 4.69) is 10.4 Å². The summed E-state index contributed by atoms with van der Waals surface area (Å²) in [6, 6.07) is 8.65. The number of aryl methyl sites for hydroxylation is 1. The van der Waals surface area contributed by atoms with Crippen LogP contribution in [0.15, 0.2) is 30.3 Å². The summed E-state index contributed by atoms with van der Waals surface area (Å²) in [6.07, 6.45) is 0.852. The van der Waals surface area contributed by atoms with Crippen LogP contribution in [0.4, 0.5) is 5.82 Å². The van der Waals surface area contributed by atoms with Gasteiger partial charge in [-0.3, -0.25) is 4.79 Å². The molecule has 0 aliphatic carbocycles. The lowest BCUT2D eigenvalue weighted by Gasteiger charge is -2.16. The molecule has 1 aromatic heterocycles. The van der Waals surface area contributed by atoms with E-state index in [0.717, 1.165) is 17.8 Å². The number of anilines is 1.